The summed E-state index contributed by atoms with van der Waals surface area (Å²) in [5, 5.41) is 8.13. The van der Waals surface area contributed by atoms with Gasteiger partial charge < -0.3 is 10.6 Å². The van der Waals surface area contributed by atoms with Crippen molar-refractivity contribution >= 4 is 17.6 Å². The van der Waals surface area contributed by atoms with E-state index in [9.17, 15) is 18.4 Å². The highest BCUT2D eigenvalue weighted by molar-refractivity contribution is 5.92. The molecule has 3 aromatic rings. The summed E-state index contributed by atoms with van der Waals surface area (Å²) in [4.78, 5) is 27.7. The molecule has 1 fully saturated rings. The Balaban J connectivity index is 0.000000155. The second-order valence-corrected chi connectivity index (χ2v) is 7.84. The highest BCUT2D eigenvalue weighted by Crippen LogP contribution is 2.55. The van der Waals surface area contributed by atoms with Gasteiger partial charge >= 0.3 is 0 Å². The van der Waals surface area contributed by atoms with Crippen molar-refractivity contribution in [3.8, 4) is 0 Å². The number of hydrogen-bond acceptors (Lipinski definition) is 5. The third-order valence-electron chi connectivity index (χ3n) is 5.38. The van der Waals surface area contributed by atoms with Gasteiger partial charge in [-0.15, -0.1) is 5.10 Å². The molecule has 11 heteroatoms. The van der Waals surface area contributed by atoms with E-state index in [4.69, 9.17) is 5.73 Å². The van der Waals surface area contributed by atoms with Gasteiger partial charge in [0.05, 0.1) is 18.2 Å². The first-order valence-corrected chi connectivity index (χ1v) is 10.2. The minimum atomic E-state index is -2.61. The van der Waals surface area contributed by atoms with Gasteiger partial charge in [-0.3, -0.25) is 9.59 Å². The lowest BCUT2D eigenvalue weighted by Crippen LogP contribution is -2.25. The molecular weight excluding hydrogens is 420 g/mol. The molecule has 1 atom stereocenters. The summed E-state index contributed by atoms with van der Waals surface area (Å²) in [6, 6.07) is 11.4. The fraction of sp³-hybridized carbons (Fsp3) is 0.381. The van der Waals surface area contributed by atoms with E-state index in [1.165, 1.54) is 11.2 Å². The number of carbonyl (C=O) groups excluding carboxylic acids is 2. The van der Waals surface area contributed by atoms with Gasteiger partial charge in [-0.1, -0.05) is 30.3 Å². The Kier molecular flexibility index (Phi) is 5.72. The lowest BCUT2D eigenvalue weighted by Gasteiger charge is -2.13. The molecule has 1 unspecified atom stereocenters. The van der Waals surface area contributed by atoms with E-state index in [0.717, 1.165) is 5.56 Å². The standard InChI is InChI=1S/C11H13F2N3O.C10H10N4O/c1-15-9-5-8(7-6-11(7,12)13)14-16(9)4-2-3-10(15)17;11-9(15)10-12-7-14(13-10)6-8-4-2-1-3-5-8/h5,7H,2-4,6H2,1H3;1-5,7H,6H2,(H2,11,15). The molecule has 0 saturated heterocycles. The SMILES string of the molecule is CN1C(=O)CCCn2nc(C3CC3(F)F)cc21.NC(=O)c1ncn(Cc2ccccc2)n1. The van der Waals surface area contributed by atoms with Crippen LogP contribution in [0.5, 0.6) is 0 Å². The van der Waals surface area contributed by atoms with Crippen LogP contribution in [0.3, 0.4) is 0 Å². The summed E-state index contributed by atoms with van der Waals surface area (Å²) in [6.45, 7) is 1.20. The number of carbonyl (C=O) groups is 2. The van der Waals surface area contributed by atoms with Crippen LogP contribution in [0.1, 0.15) is 47.1 Å². The number of hydrogen-bond donors (Lipinski definition) is 1. The topological polar surface area (TPSA) is 112 Å². The quantitative estimate of drug-likeness (QED) is 0.664. The Hall–Kier alpha value is -3.63. The fourth-order valence-electron chi connectivity index (χ4n) is 3.49. The van der Waals surface area contributed by atoms with Crippen LogP contribution < -0.4 is 10.6 Å². The molecule has 0 spiro atoms. The number of alkyl halides is 2. The van der Waals surface area contributed by atoms with Crippen LogP contribution in [0.25, 0.3) is 0 Å². The largest absolute Gasteiger partial charge is 0.363 e. The Morgan fingerprint density at radius 3 is 2.59 bits per heavy atom. The first-order valence-electron chi connectivity index (χ1n) is 10.2. The smallest absolute Gasteiger partial charge is 0.288 e. The number of nitrogens with two attached hydrogens (primary N) is 1. The molecular formula is C21H23F2N7O2. The number of fused-ring (bicyclic) bond motifs is 1. The Morgan fingerprint density at radius 1 is 1.25 bits per heavy atom. The molecule has 2 amide bonds. The van der Waals surface area contributed by atoms with Crippen molar-refractivity contribution in [3.05, 3.63) is 59.8 Å². The highest BCUT2D eigenvalue weighted by Gasteiger charge is 2.59. The number of aromatic nitrogens is 5. The van der Waals surface area contributed by atoms with Crippen molar-refractivity contribution < 1.29 is 18.4 Å². The molecule has 2 N–H and O–H groups in total. The van der Waals surface area contributed by atoms with Crippen LogP contribution in [0.15, 0.2) is 42.7 Å². The first-order chi connectivity index (χ1) is 15.2. The zero-order chi connectivity index (χ0) is 22.9. The predicted molar refractivity (Wildman–Crippen MR) is 111 cm³/mol. The van der Waals surface area contributed by atoms with Crippen LogP contribution in [-0.4, -0.2) is 49.3 Å². The minimum Gasteiger partial charge on any atom is -0.363 e. The number of rotatable bonds is 4. The molecule has 2 aliphatic rings. The molecule has 3 heterocycles. The normalized spacial score (nSPS) is 18.9. The predicted octanol–water partition coefficient (Wildman–Crippen LogP) is 2.19. The maximum atomic E-state index is 13.0. The molecule has 1 aromatic carbocycles. The lowest BCUT2D eigenvalue weighted by atomic mass is 10.2. The Morgan fingerprint density at radius 2 is 1.97 bits per heavy atom. The first kappa shape index (κ1) is 21.6. The number of anilines is 1. The summed E-state index contributed by atoms with van der Waals surface area (Å²) < 4.78 is 29.2. The van der Waals surface area contributed by atoms with Crippen LogP contribution in [-0.2, 0) is 17.9 Å². The number of halogens is 2. The molecule has 2 aromatic heterocycles. The number of benzene rings is 1. The summed E-state index contributed by atoms with van der Waals surface area (Å²) in [5.74, 6) is -3.29. The van der Waals surface area contributed by atoms with E-state index in [0.29, 0.717) is 37.4 Å². The molecule has 1 aliphatic heterocycles. The zero-order valence-electron chi connectivity index (χ0n) is 17.5. The summed E-state index contributed by atoms with van der Waals surface area (Å²) >= 11 is 0. The van der Waals surface area contributed by atoms with E-state index in [1.54, 1.807) is 22.5 Å². The molecule has 0 radical (unpaired) electrons. The Labute approximate surface area is 182 Å². The number of primary amides is 1. The molecule has 32 heavy (non-hydrogen) atoms. The van der Waals surface area contributed by atoms with E-state index in [-0.39, 0.29) is 18.2 Å². The van der Waals surface area contributed by atoms with Gasteiger partial charge in [-0.2, -0.15) is 5.10 Å². The second-order valence-electron chi connectivity index (χ2n) is 7.84. The summed E-state index contributed by atoms with van der Waals surface area (Å²) in [7, 11) is 1.66. The highest BCUT2D eigenvalue weighted by atomic mass is 19.3. The van der Waals surface area contributed by atoms with Gasteiger partial charge in [-0.25, -0.2) is 23.1 Å². The van der Waals surface area contributed by atoms with Crippen LogP contribution in [0.2, 0.25) is 0 Å². The number of amides is 2. The maximum Gasteiger partial charge on any atom is 0.288 e. The molecule has 0 bridgehead atoms. The summed E-state index contributed by atoms with van der Waals surface area (Å²) in [5.41, 5.74) is 6.55. The van der Waals surface area contributed by atoms with Crippen molar-refractivity contribution in [2.24, 2.45) is 5.73 Å². The number of nitrogens with zero attached hydrogens (tertiary/aromatic N) is 6. The fourth-order valence-corrected chi connectivity index (χ4v) is 3.49. The van der Waals surface area contributed by atoms with Gasteiger partial charge in [0.15, 0.2) is 0 Å². The maximum absolute atomic E-state index is 13.0. The van der Waals surface area contributed by atoms with E-state index < -0.39 is 17.7 Å². The molecule has 1 saturated carbocycles. The average molecular weight is 443 g/mol. The summed E-state index contributed by atoms with van der Waals surface area (Å²) in [6.07, 6.45) is 2.56. The van der Waals surface area contributed by atoms with Gasteiger partial charge in [0.25, 0.3) is 11.8 Å². The van der Waals surface area contributed by atoms with E-state index in [2.05, 4.69) is 15.2 Å². The van der Waals surface area contributed by atoms with E-state index >= 15 is 0 Å². The van der Waals surface area contributed by atoms with Crippen LogP contribution in [0.4, 0.5) is 14.6 Å². The third-order valence-corrected chi connectivity index (χ3v) is 5.38. The van der Waals surface area contributed by atoms with Crippen LogP contribution in [0, 0.1) is 0 Å². The van der Waals surface area contributed by atoms with Crippen molar-refractivity contribution in [3.63, 3.8) is 0 Å². The molecule has 5 rings (SSSR count). The zero-order valence-corrected chi connectivity index (χ0v) is 17.5. The number of aryl methyl sites for hydroxylation is 1. The van der Waals surface area contributed by atoms with Crippen molar-refractivity contribution in [1.29, 1.82) is 0 Å². The molecule has 168 valence electrons. The van der Waals surface area contributed by atoms with Crippen molar-refractivity contribution in [2.45, 2.75) is 44.2 Å². The minimum absolute atomic E-state index is 0.0118. The van der Waals surface area contributed by atoms with Crippen molar-refractivity contribution in [1.82, 2.24) is 24.5 Å². The third kappa shape index (κ3) is 4.66. The van der Waals surface area contributed by atoms with Crippen LogP contribution >= 0.6 is 0 Å². The lowest BCUT2D eigenvalue weighted by molar-refractivity contribution is -0.118. The second kappa shape index (κ2) is 8.48. The van der Waals surface area contributed by atoms with Gasteiger partial charge in [-0.05, 0) is 12.0 Å². The average Bonchev–Trinajstić information content (AvgIpc) is 3.11. The molecule has 9 nitrogen and oxygen atoms in total. The van der Waals surface area contributed by atoms with E-state index in [1.807, 2.05) is 30.3 Å². The van der Waals surface area contributed by atoms with Gasteiger partial charge in [0.2, 0.25) is 11.7 Å². The Bertz CT molecular complexity index is 1130. The van der Waals surface area contributed by atoms with Gasteiger partial charge in [0, 0.05) is 32.5 Å². The monoisotopic (exact) mass is 443 g/mol. The van der Waals surface area contributed by atoms with Crippen molar-refractivity contribution in [2.75, 3.05) is 11.9 Å². The molecule has 1 aliphatic carbocycles. The van der Waals surface area contributed by atoms with Gasteiger partial charge in [0.1, 0.15) is 12.1 Å².